The first-order valence-corrected chi connectivity index (χ1v) is 12.2. The molecular weight excluding hydrogens is 512 g/mol. The number of nitrogens with zero attached hydrogens (tertiary/aromatic N) is 1. The molecule has 1 heterocycles. The summed E-state index contributed by atoms with van der Waals surface area (Å²) < 4.78 is 22.2. The summed E-state index contributed by atoms with van der Waals surface area (Å²) >= 11 is 6.38. The fraction of sp³-hybridized carbons (Fsp3) is 0.286. The van der Waals surface area contributed by atoms with Gasteiger partial charge in [-0.15, -0.1) is 0 Å². The van der Waals surface area contributed by atoms with Gasteiger partial charge in [0.1, 0.15) is 17.9 Å². The lowest BCUT2D eigenvalue weighted by molar-refractivity contribution is -0.154. The molecule has 0 saturated carbocycles. The molecule has 0 fully saturated rings. The maximum absolute atomic E-state index is 13.0. The fourth-order valence-electron chi connectivity index (χ4n) is 3.58. The molecule has 9 nitrogen and oxygen atoms in total. The van der Waals surface area contributed by atoms with Crippen LogP contribution >= 0.6 is 11.6 Å². The Kier molecular flexibility index (Phi) is 9.67. The predicted molar refractivity (Wildman–Crippen MR) is 141 cm³/mol. The fourth-order valence-corrected chi connectivity index (χ4v) is 3.86. The standard InChI is InChI=1S/C28H29ClN2O7/c1-16-11-12-22(21(29)15-16)38-25(20-9-7-6-8-10-20)18(3)36-28(34)17(2)31-27(33)24-26(37-19(4)32)23(35-5)13-14-30-24/h6-15,17-18,25H,1-5H3,(H,31,33)/t17-,18-,25-/m0/s1. The van der Waals surface area contributed by atoms with E-state index >= 15 is 0 Å². The Balaban J connectivity index is 1.76. The Hall–Kier alpha value is -4.11. The quantitative estimate of drug-likeness (QED) is 0.363. The van der Waals surface area contributed by atoms with Gasteiger partial charge < -0.3 is 24.3 Å². The highest BCUT2D eigenvalue weighted by atomic mass is 35.5. The second-order valence-electron chi connectivity index (χ2n) is 8.50. The Morgan fingerprint density at radius 3 is 2.34 bits per heavy atom. The van der Waals surface area contributed by atoms with Crippen molar-refractivity contribution in [1.82, 2.24) is 10.3 Å². The highest BCUT2D eigenvalue weighted by molar-refractivity contribution is 6.32. The third kappa shape index (κ3) is 7.23. The zero-order valence-corrected chi connectivity index (χ0v) is 22.4. The molecular formula is C28H29ClN2O7. The Bertz CT molecular complexity index is 1300. The van der Waals surface area contributed by atoms with Crippen molar-refractivity contribution >= 4 is 29.4 Å². The average Bonchev–Trinajstić information content (AvgIpc) is 2.88. The number of benzene rings is 2. The number of nitrogens with one attached hydrogen (secondary N) is 1. The van der Waals surface area contributed by atoms with Crippen LogP contribution < -0.4 is 19.5 Å². The number of pyridine rings is 1. The van der Waals surface area contributed by atoms with Crippen LogP contribution in [-0.4, -0.2) is 42.1 Å². The van der Waals surface area contributed by atoms with Crippen molar-refractivity contribution in [2.24, 2.45) is 0 Å². The lowest BCUT2D eigenvalue weighted by atomic mass is 10.0. The van der Waals surface area contributed by atoms with Crippen LogP contribution in [0.1, 0.15) is 48.5 Å². The third-order valence-corrected chi connectivity index (χ3v) is 5.74. The van der Waals surface area contributed by atoms with Crippen LogP contribution in [-0.2, 0) is 14.3 Å². The van der Waals surface area contributed by atoms with E-state index in [1.54, 1.807) is 19.1 Å². The molecule has 0 bridgehead atoms. The maximum atomic E-state index is 13.0. The van der Waals surface area contributed by atoms with Gasteiger partial charge in [0.05, 0.1) is 12.1 Å². The van der Waals surface area contributed by atoms with Gasteiger partial charge in [-0.3, -0.25) is 9.59 Å². The van der Waals surface area contributed by atoms with Crippen molar-refractivity contribution in [3.63, 3.8) is 0 Å². The smallest absolute Gasteiger partial charge is 0.328 e. The Morgan fingerprint density at radius 1 is 1.00 bits per heavy atom. The highest BCUT2D eigenvalue weighted by Gasteiger charge is 2.29. The van der Waals surface area contributed by atoms with E-state index in [0.717, 1.165) is 11.1 Å². The van der Waals surface area contributed by atoms with Gasteiger partial charge in [-0.1, -0.05) is 48.0 Å². The molecule has 1 amide bonds. The normalized spacial score (nSPS) is 13.0. The zero-order valence-electron chi connectivity index (χ0n) is 21.7. The van der Waals surface area contributed by atoms with E-state index in [1.807, 2.05) is 43.3 Å². The number of esters is 2. The summed E-state index contributed by atoms with van der Waals surface area (Å²) in [6.45, 7) is 6.26. The summed E-state index contributed by atoms with van der Waals surface area (Å²) in [5.74, 6) is -1.69. The van der Waals surface area contributed by atoms with Gasteiger partial charge in [0, 0.05) is 19.2 Å². The van der Waals surface area contributed by atoms with Crippen LogP contribution in [0.5, 0.6) is 17.2 Å². The number of ether oxygens (including phenoxy) is 4. The summed E-state index contributed by atoms with van der Waals surface area (Å²) in [4.78, 5) is 41.4. The van der Waals surface area contributed by atoms with Crippen molar-refractivity contribution in [2.45, 2.75) is 45.9 Å². The molecule has 3 rings (SSSR count). The van der Waals surface area contributed by atoms with Gasteiger partial charge in [-0.05, 0) is 44.0 Å². The SMILES string of the molecule is COc1ccnc(C(=O)N[C@@H](C)C(=O)O[C@@H](C)[C@H](Oc2ccc(C)cc2Cl)c2ccccc2)c1OC(C)=O. The van der Waals surface area contributed by atoms with E-state index in [4.69, 9.17) is 30.5 Å². The van der Waals surface area contributed by atoms with E-state index in [2.05, 4.69) is 10.3 Å². The summed E-state index contributed by atoms with van der Waals surface area (Å²) in [6.07, 6.45) is -0.115. The highest BCUT2D eigenvalue weighted by Crippen LogP contribution is 2.33. The Labute approximate surface area is 226 Å². The van der Waals surface area contributed by atoms with Crippen LogP contribution in [0.15, 0.2) is 60.8 Å². The van der Waals surface area contributed by atoms with E-state index in [9.17, 15) is 14.4 Å². The number of rotatable bonds is 10. The van der Waals surface area contributed by atoms with Gasteiger partial charge in [-0.2, -0.15) is 0 Å². The van der Waals surface area contributed by atoms with Crippen LogP contribution in [0, 0.1) is 6.92 Å². The molecule has 2 aromatic carbocycles. The number of amides is 1. The van der Waals surface area contributed by atoms with Crippen molar-refractivity contribution in [1.29, 1.82) is 0 Å². The lowest BCUT2D eigenvalue weighted by Gasteiger charge is -2.27. The van der Waals surface area contributed by atoms with Crippen molar-refractivity contribution in [2.75, 3.05) is 7.11 Å². The number of hydrogen-bond donors (Lipinski definition) is 1. The molecule has 10 heteroatoms. The number of halogens is 1. The van der Waals surface area contributed by atoms with Gasteiger partial charge in [0.25, 0.3) is 5.91 Å². The zero-order chi connectivity index (χ0) is 27.8. The molecule has 1 N–H and O–H groups in total. The van der Waals surface area contributed by atoms with Gasteiger partial charge in [-0.25, -0.2) is 9.78 Å². The Morgan fingerprint density at radius 2 is 1.71 bits per heavy atom. The van der Waals surface area contributed by atoms with Gasteiger partial charge in [0.15, 0.2) is 17.5 Å². The molecule has 0 aliphatic heterocycles. The largest absolute Gasteiger partial charge is 0.493 e. The van der Waals surface area contributed by atoms with Crippen LogP contribution in [0.25, 0.3) is 0 Å². The summed E-state index contributed by atoms with van der Waals surface area (Å²) in [6, 6.07) is 15.1. The molecule has 38 heavy (non-hydrogen) atoms. The van der Waals surface area contributed by atoms with E-state index in [1.165, 1.54) is 33.2 Å². The summed E-state index contributed by atoms with van der Waals surface area (Å²) in [7, 11) is 1.36. The van der Waals surface area contributed by atoms with Crippen LogP contribution in [0.3, 0.4) is 0 Å². The lowest BCUT2D eigenvalue weighted by Crippen LogP contribution is -2.42. The van der Waals surface area contributed by atoms with Crippen LogP contribution in [0.4, 0.5) is 0 Å². The molecule has 1 aromatic heterocycles. The second kappa shape index (κ2) is 12.9. The van der Waals surface area contributed by atoms with Crippen molar-refractivity contribution in [3.05, 3.63) is 82.6 Å². The van der Waals surface area contributed by atoms with Gasteiger partial charge in [0.2, 0.25) is 5.75 Å². The van der Waals surface area contributed by atoms with Crippen LogP contribution in [0.2, 0.25) is 5.02 Å². The molecule has 3 atom stereocenters. The maximum Gasteiger partial charge on any atom is 0.328 e. The van der Waals surface area contributed by atoms with Gasteiger partial charge >= 0.3 is 11.9 Å². The third-order valence-electron chi connectivity index (χ3n) is 5.45. The number of aryl methyl sites for hydroxylation is 1. The number of aromatic nitrogens is 1. The molecule has 0 aliphatic rings. The number of carbonyl (C=O) groups is 3. The van der Waals surface area contributed by atoms with Crippen molar-refractivity contribution in [3.8, 4) is 17.2 Å². The monoisotopic (exact) mass is 540 g/mol. The summed E-state index contributed by atoms with van der Waals surface area (Å²) in [5, 5.41) is 2.96. The molecule has 200 valence electrons. The van der Waals surface area contributed by atoms with Crippen molar-refractivity contribution < 1.29 is 33.3 Å². The number of carbonyl (C=O) groups excluding carboxylic acids is 3. The first-order chi connectivity index (χ1) is 18.1. The first-order valence-electron chi connectivity index (χ1n) is 11.8. The molecule has 0 saturated heterocycles. The number of hydrogen-bond acceptors (Lipinski definition) is 8. The average molecular weight is 541 g/mol. The topological polar surface area (TPSA) is 113 Å². The molecule has 0 spiro atoms. The minimum absolute atomic E-state index is 0.141. The van der Waals surface area contributed by atoms with E-state index < -0.39 is 36.1 Å². The molecule has 0 radical (unpaired) electrons. The minimum atomic E-state index is -1.07. The van der Waals surface area contributed by atoms with E-state index in [-0.39, 0.29) is 17.2 Å². The minimum Gasteiger partial charge on any atom is -0.493 e. The second-order valence-corrected chi connectivity index (χ2v) is 8.91. The van der Waals surface area contributed by atoms with E-state index in [0.29, 0.717) is 10.8 Å². The molecule has 0 aliphatic carbocycles. The summed E-state index contributed by atoms with van der Waals surface area (Å²) in [5.41, 5.74) is 1.53. The molecule has 0 unspecified atom stereocenters. The number of methoxy groups -OCH3 is 1. The first kappa shape index (κ1) is 28.5. The predicted octanol–water partition coefficient (Wildman–Crippen LogP) is 4.85. The molecule has 3 aromatic rings.